The molecule has 0 aromatic rings. The van der Waals surface area contributed by atoms with Crippen LogP contribution in [0.1, 0.15) is 6.92 Å². The monoisotopic (exact) mass is 349 g/mol. The normalized spacial score (nSPS) is 22.8. The van der Waals surface area contributed by atoms with Crippen LogP contribution in [0.25, 0.3) is 0 Å². The maximum atomic E-state index is 12.2. The Bertz CT molecular complexity index is 546. The first-order chi connectivity index (χ1) is 9.43. The molecular weight excluding hydrogens is 338 g/mol. The Balaban J connectivity index is 2.15. The zero-order chi connectivity index (χ0) is 14.9. The lowest BCUT2D eigenvalue weighted by Crippen LogP contribution is -2.27. The van der Waals surface area contributed by atoms with Crippen LogP contribution in [-0.4, -0.2) is 54.9 Å². The van der Waals surface area contributed by atoms with Crippen LogP contribution in [0.5, 0.6) is 0 Å². The van der Waals surface area contributed by atoms with E-state index in [0.29, 0.717) is 25.2 Å². The van der Waals surface area contributed by atoms with Crippen molar-refractivity contribution in [2.24, 2.45) is 5.10 Å². The lowest BCUT2D eigenvalue weighted by atomic mass is 10.5. The Morgan fingerprint density at radius 3 is 2.75 bits per heavy atom. The Morgan fingerprint density at radius 1 is 1.50 bits per heavy atom. The van der Waals surface area contributed by atoms with E-state index < -0.39 is 5.97 Å². The number of thiocarbonyl (C=S) groups is 1. The van der Waals surface area contributed by atoms with Crippen LogP contribution in [0.15, 0.2) is 15.0 Å². The van der Waals surface area contributed by atoms with Crippen molar-refractivity contribution < 1.29 is 14.7 Å². The van der Waals surface area contributed by atoms with Crippen molar-refractivity contribution >= 4 is 68.1 Å². The van der Waals surface area contributed by atoms with E-state index in [1.807, 2.05) is 6.92 Å². The van der Waals surface area contributed by atoms with Crippen LogP contribution in [0, 0.1) is 0 Å². The van der Waals surface area contributed by atoms with Gasteiger partial charge in [0.05, 0.1) is 5.75 Å². The molecule has 0 bridgehead atoms. The van der Waals surface area contributed by atoms with Crippen molar-refractivity contribution in [3.63, 3.8) is 0 Å². The van der Waals surface area contributed by atoms with E-state index >= 15 is 0 Å². The van der Waals surface area contributed by atoms with Crippen molar-refractivity contribution in [3.05, 3.63) is 9.93 Å². The Morgan fingerprint density at radius 2 is 2.20 bits per heavy atom. The highest BCUT2D eigenvalue weighted by Gasteiger charge is 2.36. The number of nitrogens with zero attached hydrogens (tertiary/aromatic N) is 3. The van der Waals surface area contributed by atoms with Gasteiger partial charge in [0.2, 0.25) is 0 Å². The van der Waals surface area contributed by atoms with E-state index in [1.54, 1.807) is 17.0 Å². The number of thioether (sulfide) groups is 3. The number of likely N-dealkylation sites (N-methyl/N-ethyl adjacent to an activating group) is 1. The van der Waals surface area contributed by atoms with Gasteiger partial charge in [0.15, 0.2) is 4.38 Å². The summed E-state index contributed by atoms with van der Waals surface area (Å²) in [5, 5.41) is 15.2. The number of carbonyl (C=O) groups excluding carboxylic acids is 1. The van der Waals surface area contributed by atoms with Gasteiger partial charge in [0.1, 0.15) is 14.3 Å². The van der Waals surface area contributed by atoms with Crippen LogP contribution in [0.2, 0.25) is 0 Å². The zero-order valence-electron chi connectivity index (χ0n) is 10.7. The molecule has 2 rings (SSSR count). The summed E-state index contributed by atoms with van der Waals surface area (Å²) < 4.78 is 1.16. The second-order valence-corrected chi connectivity index (χ2v) is 7.57. The molecule has 0 spiro atoms. The minimum Gasteiger partial charge on any atom is -0.481 e. The van der Waals surface area contributed by atoms with Gasteiger partial charge in [0.25, 0.3) is 5.91 Å². The predicted octanol–water partition coefficient (Wildman–Crippen LogP) is 1.80. The first kappa shape index (κ1) is 15.7. The van der Waals surface area contributed by atoms with Gasteiger partial charge in [-0.1, -0.05) is 35.7 Å². The third-order valence-electron chi connectivity index (χ3n) is 2.39. The van der Waals surface area contributed by atoms with Crippen molar-refractivity contribution in [1.82, 2.24) is 9.91 Å². The highest BCUT2D eigenvalue weighted by Crippen LogP contribution is 2.43. The van der Waals surface area contributed by atoms with Gasteiger partial charge in [-0.15, -0.1) is 0 Å². The molecule has 20 heavy (non-hydrogen) atoms. The molecule has 1 amide bonds. The standard InChI is InChI=1S/C10H11N3O3S4/c1-3-13-7(16)6(19-10(13)17)8-12(2)11-9(20-8)18-4-5(14)15/h3-4H2,1-2H3,(H,14,15)/b8-6-. The highest BCUT2D eigenvalue weighted by atomic mass is 32.2. The average molecular weight is 349 g/mol. The van der Waals surface area contributed by atoms with Crippen LogP contribution < -0.4 is 0 Å². The van der Waals surface area contributed by atoms with Gasteiger partial charge in [-0.05, 0) is 18.7 Å². The van der Waals surface area contributed by atoms with Crippen LogP contribution in [0.3, 0.4) is 0 Å². The molecule has 0 atom stereocenters. The Kier molecular flexibility index (Phi) is 4.99. The zero-order valence-corrected chi connectivity index (χ0v) is 13.9. The molecule has 2 aliphatic heterocycles. The number of carboxylic acids is 1. The molecule has 2 aliphatic rings. The lowest BCUT2D eigenvalue weighted by Gasteiger charge is -2.11. The van der Waals surface area contributed by atoms with E-state index in [0.717, 1.165) is 11.8 Å². The van der Waals surface area contributed by atoms with Gasteiger partial charge in [-0.2, -0.15) is 5.10 Å². The third-order valence-corrected chi connectivity index (χ3v) is 6.20. The number of hydrogen-bond acceptors (Lipinski definition) is 8. The van der Waals surface area contributed by atoms with E-state index in [9.17, 15) is 9.59 Å². The maximum Gasteiger partial charge on any atom is 0.313 e. The summed E-state index contributed by atoms with van der Waals surface area (Å²) in [6, 6.07) is 0. The molecule has 0 saturated carbocycles. The molecule has 6 nitrogen and oxygen atoms in total. The molecule has 0 aromatic carbocycles. The van der Waals surface area contributed by atoms with Crippen LogP contribution in [0.4, 0.5) is 0 Å². The number of carboxylic acid groups (broad SMARTS) is 1. The van der Waals surface area contributed by atoms with E-state index in [4.69, 9.17) is 17.3 Å². The minimum absolute atomic E-state index is 0.0527. The van der Waals surface area contributed by atoms with E-state index in [2.05, 4.69) is 5.10 Å². The smallest absolute Gasteiger partial charge is 0.313 e. The SMILES string of the molecule is CCN1C(=O)/C(=C2/SC(SCC(=O)O)=NN2C)SC1=S. The largest absolute Gasteiger partial charge is 0.481 e. The molecule has 0 aliphatic carbocycles. The van der Waals surface area contributed by atoms with Gasteiger partial charge in [-0.25, -0.2) is 0 Å². The molecule has 108 valence electrons. The molecule has 1 N–H and O–H groups in total. The third kappa shape index (κ3) is 3.13. The minimum atomic E-state index is -0.897. The molecular formula is C10H11N3O3S4. The molecule has 2 heterocycles. The van der Waals surface area contributed by atoms with Gasteiger partial charge >= 0.3 is 5.97 Å². The highest BCUT2D eigenvalue weighted by molar-refractivity contribution is 8.41. The van der Waals surface area contributed by atoms with Crippen molar-refractivity contribution in [2.45, 2.75) is 6.92 Å². The summed E-state index contributed by atoms with van der Waals surface area (Å²) in [4.78, 5) is 24.9. The van der Waals surface area contributed by atoms with Crippen molar-refractivity contribution in [3.8, 4) is 0 Å². The second kappa shape index (κ2) is 6.37. The number of hydrogen-bond donors (Lipinski definition) is 1. The maximum absolute atomic E-state index is 12.2. The van der Waals surface area contributed by atoms with Gasteiger partial charge in [0, 0.05) is 13.6 Å². The predicted molar refractivity (Wildman–Crippen MR) is 87.5 cm³/mol. The molecule has 0 unspecified atom stereocenters. The molecule has 0 radical (unpaired) electrons. The Hall–Kier alpha value is -0.710. The van der Waals surface area contributed by atoms with Gasteiger partial charge in [-0.3, -0.25) is 19.5 Å². The summed E-state index contributed by atoms with van der Waals surface area (Å²) in [5.41, 5.74) is 0. The summed E-state index contributed by atoms with van der Waals surface area (Å²) in [6.07, 6.45) is 0. The number of hydrazone groups is 1. The van der Waals surface area contributed by atoms with E-state index in [1.165, 1.54) is 23.5 Å². The fraction of sp³-hybridized carbons (Fsp3) is 0.400. The number of carbonyl (C=O) groups is 2. The second-order valence-electron chi connectivity index (χ2n) is 3.73. The summed E-state index contributed by atoms with van der Waals surface area (Å²) in [7, 11) is 1.73. The quantitative estimate of drug-likeness (QED) is 0.611. The Labute approximate surface area is 134 Å². The molecule has 0 aromatic heterocycles. The van der Waals surface area contributed by atoms with E-state index in [-0.39, 0.29) is 11.7 Å². The molecule has 10 heteroatoms. The van der Waals surface area contributed by atoms with Crippen LogP contribution >= 0.6 is 47.5 Å². The lowest BCUT2D eigenvalue weighted by molar-refractivity contribution is -0.133. The fourth-order valence-corrected chi connectivity index (χ4v) is 4.90. The summed E-state index contributed by atoms with van der Waals surface area (Å²) in [6.45, 7) is 2.41. The number of amides is 1. The first-order valence-electron chi connectivity index (χ1n) is 5.56. The molecule has 1 fully saturated rings. The summed E-state index contributed by atoms with van der Waals surface area (Å²) in [5.74, 6) is -1.06. The van der Waals surface area contributed by atoms with Crippen molar-refractivity contribution in [1.29, 1.82) is 0 Å². The first-order valence-corrected chi connectivity index (χ1v) is 8.59. The van der Waals surface area contributed by atoms with Crippen molar-refractivity contribution in [2.75, 3.05) is 19.3 Å². The van der Waals surface area contributed by atoms with Gasteiger partial charge < -0.3 is 5.11 Å². The fourth-order valence-electron chi connectivity index (χ4n) is 1.51. The molecule has 1 saturated heterocycles. The number of aliphatic carboxylic acids is 1. The average Bonchev–Trinajstić information content (AvgIpc) is 2.87. The van der Waals surface area contributed by atoms with Crippen LogP contribution in [-0.2, 0) is 9.59 Å². The number of rotatable bonds is 3. The topological polar surface area (TPSA) is 73.2 Å². The summed E-state index contributed by atoms with van der Waals surface area (Å²) >= 11 is 8.87.